The second-order valence-electron chi connectivity index (χ2n) is 4.90. The van der Waals surface area contributed by atoms with Gasteiger partial charge in [0, 0.05) is 29.5 Å². The highest BCUT2D eigenvalue weighted by atomic mass is 32.1. The van der Waals surface area contributed by atoms with Gasteiger partial charge in [0.2, 0.25) is 0 Å². The van der Waals surface area contributed by atoms with Crippen LogP contribution in [0.4, 0.5) is 0 Å². The van der Waals surface area contributed by atoms with Gasteiger partial charge in [-0.15, -0.1) is 11.3 Å². The van der Waals surface area contributed by atoms with Crippen LogP contribution in [0, 0.1) is 0 Å². The average molecular weight is 326 g/mol. The molecule has 1 atom stereocenters. The lowest BCUT2D eigenvalue weighted by molar-refractivity contribution is 0.0937. The Kier molecular flexibility index (Phi) is 4.29. The predicted molar refractivity (Wildman–Crippen MR) is 87.1 cm³/mol. The quantitative estimate of drug-likeness (QED) is 0.769. The molecule has 1 unspecified atom stereocenters. The summed E-state index contributed by atoms with van der Waals surface area (Å²) in [7, 11) is 0. The number of aromatic hydroxyl groups is 1. The SMILES string of the molecule is CC(NC(=O)c1ccncc1O)c1nc(-c2cccnc2)cs1. The number of hydrogen-bond acceptors (Lipinski definition) is 6. The number of carbonyl (C=O) groups excluding carboxylic acids is 1. The number of nitrogens with zero attached hydrogens (tertiary/aromatic N) is 3. The molecule has 116 valence electrons. The molecule has 0 saturated heterocycles. The molecule has 0 aliphatic carbocycles. The van der Waals surface area contributed by atoms with Crippen LogP contribution >= 0.6 is 11.3 Å². The van der Waals surface area contributed by atoms with E-state index in [2.05, 4.69) is 20.3 Å². The summed E-state index contributed by atoms with van der Waals surface area (Å²) in [5.41, 5.74) is 1.95. The minimum atomic E-state index is -0.365. The van der Waals surface area contributed by atoms with Gasteiger partial charge in [0.1, 0.15) is 10.8 Å². The van der Waals surface area contributed by atoms with Gasteiger partial charge < -0.3 is 10.4 Å². The van der Waals surface area contributed by atoms with E-state index >= 15 is 0 Å². The molecule has 23 heavy (non-hydrogen) atoms. The summed E-state index contributed by atoms with van der Waals surface area (Å²) in [5, 5.41) is 15.2. The summed E-state index contributed by atoms with van der Waals surface area (Å²) in [6.07, 6.45) is 6.16. The largest absolute Gasteiger partial charge is 0.505 e. The summed E-state index contributed by atoms with van der Waals surface area (Å²) >= 11 is 1.47. The molecular weight excluding hydrogens is 312 g/mol. The zero-order valence-electron chi connectivity index (χ0n) is 12.3. The zero-order chi connectivity index (χ0) is 16.2. The minimum absolute atomic E-state index is 0.146. The first-order valence-corrected chi connectivity index (χ1v) is 7.83. The maximum Gasteiger partial charge on any atom is 0.255 e. The Labute approximate surface area is 136 Å². The lowest BCUT2D eigenvalue weighted by Gasteiger charge is -2.11. The highest BCUT2D eigenvalue weighted by Gasteiger charge is 2.17. The van der Waals surface area contributed by atoms with Crippen molar-refractivity contribution in [3.05, 3.63) is 58.9 Å². The predicted octanol–water partition coefficient (Wildman–Crippen LogP) is 2.80. The van der Waals surface area contributed by atoms with Gasteiger partial charge in [-0.3, -0.25) is 14.8 Å². The molecule has 3 aromatic rings. The van der Waals surface area contributed by atoms with Gasteiger partial charge in [-0.2, -0.15) is 0 Å². The number of pyridine rings is 2. The van der Waals surface area contributed by atoms with Crippen LogP contribution < -0.4 is 5.32 Å². The van der Waals surface area contributed by atoms with Crippen LogP contribution in [-0.4, -0.2) is 26.0 Å². The molecule has 3 rings (SSSR count). The number of amides is 1. The molecule has 3 aromatic heterocycles. The molecule has 6 nitrogen and oxygen atoms in total. The van der Waals surface area contributed by atoms with E-state index in [4.69, 9.17) is 0 Å². The lowest BCUT2D eigenvalue weighted by atomic mass is 10.2. The van der Waals surface area contributed by atoms with Gasteiger partial charge in [-0.05, 0) is 25.1 Å². The highest BCUT2D eigenvalue weighted by molar-refractivity contribution is 7.10. The molecule has 2 N–H and O–H groups in total. The third kappa shape index (κ3) is 3.35. The first-order chi connectivity index (χ1) is 11.1. The number of rotatable bonds is 4. The molecule has 0 spiro atoms. The Morgan fingerprint density at radius 3 is 2.83 bits per heavy atom. The maximum atomic E-state index is 12.2. The van der Waals surface area contributed by atoms with Crippen molar-refractivity contribution >= 4 is 17.2 Å². The number of hydrogen-bond donors (Lipinski definition) is 2. The average Bonchev–Trinajstić information content (AvgIpc) is 3.06. The molecule has 0 aliphatic rings. The Morgan fingerprint density at radius 2 is 2.09 bits per heavy atom. The van der Waals surface area contributed by atoms with Crippen LogP contribution in [0.2, 0.25) is 0 Å². The lowest BCUT2D eigenvalue weighted by Crippen LogP contribution is -2.26. The number of thiazole rings is 1. The van der Waals surface area contributed by atoms with Crippen molar-refractivity contribution in [2.24, 2.45) is 0 Å². The van der Waals surface area contributed by atoms with E-state index in [9.17, 15) is 9.90 Å². The highest BCUT2D eigenvalue weighted by Crippen LogP contribution is 2.25. The van der Waals surface area contributed by atoms with Crippen molar-refractivity contribution in [3.8, 4) is 17.0 Å². The van der Waals surface area contributed by atoms with Gasteiger partial charge in [0.25, 0.3) is 5.91 Å². The summed E-state index contributed by atoms with van der Waals surface area (Å²) in [5.74, 6) is -0.511. The van der Waals surface area contributed by atoms with E-state index in [-0.39, 0.29) is 23.3 Å². The van der Waals surface area contributed by atoms with Gasteiger partial charge >= 0.3 is 0 Å². The van der Waals surface area contributed by atoms with Crippen LogP contribution in [0.5, 0.6) is 5.75 Å². The molecule has 0 saturated carbocycles. The van der Waals surface area contributed by atoms with Gasteiger partial charge in [-0.25, -0.2) is 4.98 Å². The summed E-state index contributed by atoms with van der Waals surface area (Å²) < 4.78 is 0. The van der Waals surface area contributed by atoms with Crippen molar-refractivity contribution in [1.82, 2.24) is 20.3 Å². The molecule has 3 heterocycles. The van der Waals surface area contributed by atoms with Crippen molar-refractivity contribution in [2.75, 3.05) is 0 Å². The van der Waals surface area contributed by atoms with Crippen molar-refractivity contribution in [1.29, 1.82) is 0 Å². The van der Waals surface area contributed by atoms with Crippen LogP contribution in [0.1, 0.15) is 28.3 Å². The third-order valence-electron chi connectivity index (χ3n) is 3.24. The molecule has 0 radical (unpaired) electrons. The fourth-order valence-corrected chi connectivity index (χ4v) is 2.88. The van der Waals surface area contributed by atoms with Gasteiger partial charge in [0.05, 0.1) is 23.5 Å². The second-order valence-corrected chi connectivity index (χ2v) is 5.79. The molecule has 0 bridgehead atoms. The summed E-state index contributed by atoms with van der Waals surface area (Å²) in [4.78, 5) is 24.6. The van der Waals surface area contributed by atoms with Crippen LogP contribution in [0.25, 0.3) is 11.3 Å². The van der Waals surface area contributed by atoms with Crippen molar-refractivity contribution in [2.45, 2.75) is 13.0 Å². The van der Waals surface area contributed by atoms with E-state index in [1.165, 1.54) is 29.8 Å². The van der Waals surface area contributed by atoms with Crippen molar-refractivity contribution in [3.63, 3.8) is 0 Å². The van der Waals surface area contributed by atoms with E-state index in [1.807, 2.05) is 24.4 Å². The molecule has 7 heteroatoms. The summed E-state index contributed by atoms with van der Waals surface area (Å²) in [6.45, 7) is 1.85. The minimum Gasteiger partial charge on any atom is -0.505 e. The fourth-order valence-electron chi connectivity index (χ4n) is 2.05. The fraction of sp³-hybridized carbons (Fsp3) is 0.125. The van der Waals surface area contributed by atoms with Crippen LogP contribution in [0.15, 0.2) is 48.4 Å². The van der Waals surface area contributed by atoms with E-state index < -0.39 is 0 Å². The van der Waals surface area contributed by atoms with E-state index in [0.29, 0.717) is 0 Å². The number of nitrogens with one attached hydrogen (secondary N) is 1. The Morgan fingerprint density at radius 1 is 1.26 bits per heavy atom. The normalized spacial score (nSPS) is 11.9. The Bertz CT molecular complexity index is 820. The third-order valence-corrected chi connectivity index (χ3v) is 4.27. The molecule has 0 aliphatic heterocycles. The molecule has 0 fully saturated rings. The first kappa shape index (κ1) is 15.1. The van der Waals surface area contributed by atoms with Gasteiger partial charge in [0.15, 0.2) is 0 Å². The molecule has 1 amide bonds. The smallest absolute Gasteiger partial charge is 0.255 e. The summed E-state index contributed by atoms with van der Waals surface area (Å²) in [6, 6.07) is 4.99. The molecule has 0 aromatic carbocycles. The maximum absolute atomic E-state index is 12.2. The van der Waals surface area contributed by atoms with E-state index in [0.717, 1.165) is 16.3 Å². The van der Waals surface area contributed by atoms with Crippen LogP contribution in [0.3, 0.4) is 0 Å². The first-order valence-electron chi connectivity index (χ1n) is 6.95. The standard InChI is InChI=1S/C16H14N4O2S/c1-10(19-15(22)12-4-6-18-8-14(12)21)16-20-13(9-23-16)11-3-2-5-17-7-11/h2-10,21H,1H3,(H,19,22). The number of aromatic nitrogens is 3. The topological polar surface area (TPSA) is 88.0 Å². The molecular formula is C16H14N4O2S. The second kappa shape index (κ2) is 6.53. The van der Waals surface area contributed by atoms with Crippen molar-refractivity contribution < 1.29 is 9.90 Å². The Balaban J connectivity index is 1.74. The Hall–Kier alpha value is -2.80. The van der Waals surface area contributed by atoms with Gasteiger partial charge in [-0.1, -0.05) is 0 Å². The zero-order valence-corrected chi connectivity index (χ0v) is 13.1. The van der Waals surface area contributed by atoms with E-state index in [1.54, 1.807) is 12.4 Å². The monoisotopic (exact) mass is 326 g/mol. The van der Waals surface area contributed by atoms with Crippen LogP contribution in [-0.2, 0) is 0 Å². The number of carbonyl (C=O) groups is 1.